The van der Waals surface area contributed by atoms with E-state index in [0.29, 0.717) is 16.3 Å². The molecule has 1 aromatic heterocycles. The molecule has 0 unspecified atom stereocenters. The quantitative estimate of drug-likeness (QED) is 0.864. The molecule has 5 heteroatoms. The van der Waals surface area contributed by atoms with Crippen molar-refractivity contribution < 1.29 is 4.74 Å². The van der Waals surface area contributed by atoms with Crippen molar-refractivity contribution in [1.82, 2.24) is 9.55 Å². The van der Waals surface area contributed by atoms with Crippen LogP contribution in [0.25, 0.3) is 0 Å². The van der Waals surface area contributed by atoms with Crippen LogP contribution in [0, 0.1) is 4.77 Å². The van der Waals surface area contributed by atoms with Crippen molar-refractivity contribution in [3.05, 3.63) is 45.4 Å². The van der Waals surface area contributed by atoms with E-state index in [1.54, 1.807) is 7.11 Å². The Kier molecular flexibility index (Phi) is 4.09. The van der Waals surface area contributed by atoms with Crippen molar-refractivity contribution in [2.24, 2.45) is 0 Å². The van der Waals surface area contributed by atoms with Gasteiger partial charge in [0.25, 0.3) is 0 Å². The van der Waals surface area contributed by atoms with Gasteiger partial charge in [-0.15, -0.1) is 0 Å². The second-order valence-electron chi connectivity index (χ2n) is 3.95. The van der Waals surface area contributed by atoms with E-state index in [2.05, 4.69) is 11.9 Å². The van der Waals surface area contributed by atoms with Crippen molar-refractivity contribution >= 4 is 23.8 Å². The van der Waals surface area contributed by atoms with Crippen LogP contribution in [-0.4, -0.2) is 16.7 Å². The number of nitrogens with zero attached hydrogens (tertiary/aromatic N) is 1. The van der Waals surface area contributed by atoms with Gasteiger partial charge in [0.1, 0.15) is 5.75 Å². The fourth-order valence-electron chi connectivity index (χ4n) is 1.94. The number of nitrogens with one attached hydrogen (secondary N) is 1. The fourth-order valence-corrected chi connectivity index (χ4v) is 2.41. The summed E-state index contributed by atoms with van der Waals surface area (Å²) in [5, 5.41) is 0.694. The average molecular weight is 283 g/mol. The Balaban J connectivity index is 2.45. The van der Waals surface area contributed by atoms with Crippen LogP contribution in [0.5, 0.6) is 5.75 Å². The fraction of sp³-hybridized carbons (Fsp3) is 0.308. The zero-order valence-corrected chi connectivity index (χ0v) is 11.9. The predicted octanol–water partition coefficient (Wildman–Crippen LogP) is 3.82. The van der Waals surface area contributed by atoms with Gasteiger partial charge in [-0.05, 0) is 30.8 Å². The summed E-state index contributed by atoms with van der Waals surface area (Å²) in [5.74, 6) is 0.785. The highest BCUT2D eigenvalue weighted by Gasteiger charge is 2.10. The van der Waals surface area contributed by atoms with Gasteiger partial charge in [0.2, 0.25) is 0 Å². The largest absolute Gasteiger partial charge is 0.496 e. The van der Waals surface area contributed by atoms with E-state index < -0.39 is 0 Å². The number of aryl methyl sites for hydroxylation is 1. The molecule has 0 fully saturated rings. The minimum atomic E-state index is 0.619. The highest BCUT2D eigenvalue weighted by Crippen LogP contribution is 2.27. The first kappa shape index (κ1) is 13.2. The van der Waals surface area contributed by atoms with Gasteiger partial charge in [0.05, 0.1) is 13.7 Å². The summed E-state index contributed by atoms with van der Waals surface area (Å²) < 4.78 is 8.09. The number of imidazole rings is 1. The summed E-state index contributed by atoms with van der Waals surface area (Å²) in [5.41, 5.74) is 2.11. The molecule has 1 N–H and O–H groups in total. The lowest BCUT2D eigenvalue weighted by molar-refractivity contribution is 0.408. The van der Waals surface area contributed by atoms with Gasteiger partial charge in [-0.2, -0.15) is 0 Å². The molecule has 0 saturated carbocycles. The van der Waals surface area contributed by atoms with Crippen LogP contribution in [-0.2, 0) is 13.0 Å². The van der Waals surface area contributed by atoms with Gasteiger partial charge in [-0.25, -0.2) is 0 Å². The Hall–Kier alpha value is -1.26. The lowest BCUT2D eigenvalue weighted by Crippen LogP contribution is -2.06. The molecular formula is C13H15ClN2OS. The number of benzene rings is 1. The van der Waals surface area contributed by atoms with Gasteiger partial charge >= 0.3 is 0 Å². The zero-order chi connectivity index (χ0) is 13.1. The second-order valence-corrected chi connectivity index (χ2v) is 4.74. The van der Waals surface area contributed by atoms with Crippen molar-refractivity contribution in [2.45, 2.75) is 19.9 Å². The average Bonchev–Trinajstić information content (AvgIpc) is 2.73. The molecule has 2 rings (SSSR count). The number of halogens is 1. The topological polar surface area (TPSA) is 29.9 Å². The number of hydrogen-bond donors (Lipinski definition) is 1. The number of ether oxygens (including phenoxy) is 1. The molecule has 0 amide bonds. The normalized spacial score (nSPS) is 10.6. The Labute approximate surface area is 116 Å². The number of methoxy groups -OCH3 is 1. The van der Waals surface area contributed by atoms with E-state index in [0.717, 1.165) is 23.4 Å². The molecule has 0 aliphatic heterocycles. The minimum Gasteiger partial charge on any atom is -0.496 e. The van der Waals surface area contributed by atoms with E-state index >= 15 is 0 Å². The SMILES string of the molecule is CCc1c[nH]c(=S)n1Cc1c(Cl)cccc1OC. The van der Waals surface area contributed by atoms with Gasteiger partial charge < -0.3 is 14.3 Å². The lowest BCUT2D eigenvalue weighted by atomic mass is 10.2. The van der Waals surface area contributed by atoms with Crippen molar-refractivity contribution in [2.75, 3.05) is 7.11 Å². The molecule has 3 nitrogen and oxygen atoms in total. The number of aromatic nitrogens is 2. The molecule has 0 aliphatic carbocycles. The molecule has 0 saturated heterocycles. The van der Waals surface area contributed by atoms with Gasteiger partial charge in [-0.1, -0.05) is 24.6 Å². The number of rotatable bonds is 4. The maximum atomic E-state index is 6.24. The monoisotopic (exact) mass is 282 g/mol. The molecule has 0 bridgehead atoms. The summed E-state index contributed by atoms with van der Waals surface area (Å²) in [7, 11) is 1.65. The molecule has 1 heterocycles. The number of aromatic amines is 1. The molecule has 0 spiro atoms. The maximum Gasteiger partial charge on any atom is 0.177 e. The molecule has 1 aromatic carbocycles. The molecular weight excluding hydrogens is 268 g/mol. The Morgan fingerprint density at radius 2 is 2.22 bits per heavy atom. The van der Waals surface area contributed by atoms with Crippen LogP contribution >= 0.6 is 23.8 Å². The van der Waals surface area contributed by atoms with Gasteiger partial charge in [0, 0.05) is 22.5 Å². The Morgan fingerprint density at radius 1 is 1.44 bits per heavy atom. The third-order valence-electron chi connectivity index (χ3n) is 2.93. The standard InChI is InChI=1S/C13H15ClN2OS/c1-3-9-7-15-13(18)16(9)8-10-11(14)5-4-6-12(10)17-2/h4-7H,3,8H2,1-2H3,(H,15,18). The molecule has 2 aromatic rings. The summed E-state index contributed by atoms with van der Waals surface area (Å²) in [6.07, 6.45) is 2.85. The third-order valence-corrected chi connectivity index (χ3v) is 3.62. The van der Waals surface area contributed by atoms with Crippen LogP contribution < -0.4 is 4.74 Å². The number of hydrogen-bond acceptors (Lipinski definition) is 2. The van der Waals surface area contributed by atoms with E-state index in [-0.39, 0.29) is 0 Å². The summed E-state index contributed by atoms with van der Waals surface area (Å²) in [6.45, 7) is 2.71. The lowest BCUT2D eigenvalue weighted by Gasteiger charge is -2.12. The number of H-pyrrole nitrogens is 1. The third kappa shape index (κ3) is 2.44. The van der Waals surface area contributed by atoms with Gasteiger partial charge in [-0.3, -0.25) is 0 Å². The summed E-state index contributed by atoms with van der Waals surface area (Å²) >= 11 is 11.5. The van der Waals surface area contributed by atoms with E-state index in [1.807, 2.05) is 29.0 Å². The predicted molar refractivity (Wildman–Crippen MR) is 76.1 cm³/mol. The van der Waals surface area contributed by atoms with E-state index in [9.17, 15) is 0 Å². The van der Waals surface area contributed by atoms with E-state index in [4.69, 9.17) is 28.6 Å². The maximum absolute atomic E-state index is 6.24. The van der Waals surface area contributed by atoms with Crippen LogP contribution in [0.2, 0.25) is 5.02 Å². The van der Waals surface area contributed by atoms with Crippen molar-refractivity contribution in [1.29, 1.82) is 0 Å². The molecule has 18 heavy (non-hydrogen) atoms. The van der Waals surface area contributed by atoms with Gasteiger partial charge in [0.15, 0.2) is 4.77 Å². The van der Waals surface area contributed by atoms with Crippen LogP contribution in [0.4, 0.5) is 0 Å². The zero-order valence-electron chi connectivity index (χ0n) is 10.4. The second kappa shape index (κ2) is 5.59. The molecule has 0 atom stereocenters. The first-order valence-corrected chi connectivity index (χ1v) is 6.54. The molecule has 0 aliphatic rings. The van der Waals surface area contributed by atoms with E-state index in [1.165, 1.54) is 0 Å². The minimum absolute atomic E-state index is 0.619. The molecule has 0 radical (unpaired) electrons. The van der Waals surface area contributed by atoms with Crippen molar-refractivity contribution in [3.63, 3.8) is 0 Å². The summed E-state index contributed by atoms with van der Waals surface area (Å²) in [6, 6.07) is 5.65. The highest BCUT2D eigenvalue weighted by atomic mass is 35.5. The van der Waals surface area contributed by atoms with Crippen LogP contribution in [0.3, 0.4) is 0 Å². The highest BCUT2D eigenvalue weighted by molar-refractivity contribution is 7.71. The first-order valence-electron chi connectivity index (χ1n) is 5.75. The Morgan fingerprint density at radius 3 is 2.89 bits per heavy atom. The smallest absolute Gasteiger partial charge is 0.177 e. The molecule has 96 valence electrons. The Bertz CT molecular complexity index is 603. The van der Waals surface area contributed by atoms with Crippen molar-refractivity contribution in [3.8, 4) is 5.75 Å². The summed E-state index contributed by atoms with van der Waals surface area (Å²) in [4.78, 5) is 3.06. The first-order chi connectivity index (χ1) is 8.67. The van der Waals surface area contributed by atoms with Crippen LogP contribution in [0.1, 0.15) is 18.2 Å². The van der Waals surface area contributed by atoms with Crippen LogP contribution in [0.15, 0.2) is 24.4 Å².